The van der Waals surface area contributed by atoms with E-state index in [-0.39, 0.29) is 19.3 Å². The minimum Gasteiger partial charge on any atom is -0.468 e. The summed E-state index contributed by atoms with van der Waals surface area (Å²) in [7, 11) is 1.11. The number of carbonyl (C=O) groups excluding carboxylic acids is 4. The van der Waals surface area contributed by atoms with Gasteiger partial charge in [-0.3, -0.25) is 19.2 Å². The largest absolute Gasteiger partial charge is 0.468 e. The normalized spacial score (nSPS) is 10.2. The van der Waals surface area contributed by atoms with Gasteiger partial charge in [-0.2, -0.15) is 0 Å². The van der Waals surface area contributed by atoms with Crippen LogP contribution in [-0.2, 0) is 38.1 Å². The monoisotopic (exact) mass is 368 g/mol. The van der Waals surface area contributed by atoms with E-state index in [1.54, 1.807) is 0 Å². The molecule has 0 aromatic carbocycles. The molecule has 0 heterocycles. The molecule has 0 aliphatic carbocycles. The van der Waals surface area contributed by atoms with Crippen LogP contribution in [0.4, 0.5) is 0 Å². The summed E-state index contributed by atoms with van der Waals surface area (Å²) >= 11 is 0. The first-order chi connectivity index (χ1) is 12.3. The summed E-state index contributed by atoms with van der Waals surface area (Å²) in [5, 5.41) is 0. The summed E-state index contributed by atoms with van der Waals surface area (Å²) < 4.78 is 19.8. The molecule has 0 fully saturated rings. The Kier molecular flexibility index (Phi) is 11.1. The highest BCUT2D eigenvalue weighted by atomic mass is 16.6. The van der Waals surface area contributed by atoms with E-state index in [2.05, 4.69) is 19.7 Å². The zero-order valence-corrected chi connectivity index (χ0v) is 14.9. The summed E-state index contributed by atoms with van der Waals surface area (Å²) in [6, 6.07) is 0. The average molecular weight is 368 g/mol. The zero-order chi connectivity index (χ0) is 20.0. The predicted octanol–water partition coefficient (Wildman–Crippen LogP) is 1.50. The molecule has 0 amide bonds. The van der Waals surface area contributed by atoms with Crippen LogP contribution in [-0.4, -0.2) is 50.8 Å². The third-order valence-corrected chi connectivity index (χ3v) is 3.08. The van der Waals surface area contributed by atoms with Crippen molar-refractivity contribution >= 4 is 23.9 Å². The summed E-state index contributed by atoms with van der Waals surface area (Å²) in [5.41, 5.74) is -1.70. The first-order valence-electron chi connectivity index (χ1n) is 7.73. The second-order valence-corrected chi connectivity index (χ2v) is 5.23. The number of methoxy groups -OCH3 is 1. The molecule has 0 aromatic heterocycles. The number of hydrogen-bond acceptors (Lipinski definition) is 8. The van der Waals surface area contributed by atoms with Crippen LogP contribution < -0.4 is 0 Å². The maximum absolute atomic E-state index is 12.3. The Hall–Kier alpha value is -2.90. The summed E-state index contributed by atoms with van der Waals surface area (Å²) in [4.78, 5) is 47.1. The SMILES string of the molecule is C=CCC(=O)OCC(COC(=O)CC=C)(COC(=O)CC=C)C(=O)OC. The van der Waals surface area contributed by atoms with Gasteiger partial charge in [-0.15, -0.1) is 19.7 Å². The number of ether oxygens (including phenoxy) is 4. The topological polar surface area (TPSA) is 105 Å². The summed E-state index contributed by atoms with van der Waals surface area (Å²) in [6.07, 6.45) is 3.75. The molecule has 0 aliphatic rings. The van der Waals surface area contributed by atoms with Crippen LogP contribution in [0, 0.1) is 5.41 Å². The second-order valence-electron chi connectivity index (χ2n) is 5.23. The molecular formula is C18H24O8. The van der Waals surface area contributed by atoms with E-state index in [1.165, 1.54) is 18.2 Å². The lowest BCUT2D eigenvalue weighted by atomic mass is 9.91. The summed E-state index contributed by atoms with van der Waals surface area (Å²) in [6.45, 7) is 8.70. The smallest absolute Gasteiger partial charge is 0.322 e. The van der Waals surface area contributed by atoms with Gasteiger partial charge in [0.2, 0.25) is 0 Å². The van der Waals surface area contributed by atoms with E-state index < -0.39 is 49.1 Å². The molecule has 0 aromatic rings. The third kappa shape index (κ3) is 8.27. The van der Waals surface area contributed by atoms with Gasteiger partial charge in [0, 0.05) is 0 Å². The molecule has 144 valence electrons. The fourth-order valence-electron chi connectivity index (χ4n) is 1.70. The van der Waals surface area contributed by atoms with Gasteiger partial charge >= 0.3 is 23.9 Å². The van der Waals surface area contributed by atoms with Crippen LogP contribution >= 0.6 is 0 Å². The van der Waals surface area contributed by atoms with Crippen molar-refractivity contribution in [2.24, 2.45) is 5.41 Å². The molecule has 0 saturated heterocycles. The Labute approximate surface area is 152 Å². The number of esters is 4. The minimum absolute atomic E-state index is 0.0796. The highest BCUT2D eigenvalue weighted by Gasteiger charge is 2.44. The predicted molar refractivity (Wildman–Crippen MR) is 91.8 cm³/mol. The van der Waals surface area contributed by atoms with E-state index >= 15 is 0 Å². The lowest BCUT2D eigenvalue weighted by Crippen LogP contribution is -2.46. The van der Waals surface area contributed by atoms with Gasteiger partial charge in [0.05, 0.1) is 26.4 Å². The van der Waals surface area contributed by atoms with Gasteiger partial charge in [-0.05, 0) is 0 Å². The number of carbonyl (C=O) groups is 4. The van der Waals surface area contributed by atoms with Crippen molar-refractivity contribution in [2.75, 3.05) is 26.9 Å². The van der Waals surface area contributed by atoms with Gasteiger partial charge in [-0.1, -0.05) is 18.2 Å². The molecule has 8 heteroatoms. The van der Waals surface area contributed by atoms with Gasteiger partial charge in [0.25, 0.3) is 0 Å². The van der Waals surface area contributed by atoms with Crippen molar-refractivity contribution in [2.45, 2.75) is 19.3 Å². The van der Waals surface area contributed by atoms with E-state index in [0.717, 1.165) is 7.11 Å². The van der Waals surface area contributed by atoms with Gasteiger partial charge < -0.3 is 18.9 Å². The highest BCUT2D eigenvalue weighted by Crippen LogP contribution is 2.23. The Bertz CT molecular complexity index is 485. The minimum atomic E-state index is -1.70. The first kappa shape index (κ1) is 23.1. The molecular weight excluding hydrogens is 344 g/mol. The molecule has 0 bridgehead atoms. The van der Waals surface area contributed by atoms with Crippen molar-refractivity contribution in [3.05, 3.63) is 38.0 Å². The standard InChI is InChI=1S/C18H24O8/c1-5-8-14(19)24-11-18(17(22)23-4,12-25-15(20)9-6-2)13-26-16(21)10-7-3/h5-7H,1-3,8-13H2,4H3. The lowest BCUT2D eigenvalue weighted by Gasteiger charge is -2.29. The van der Waals surface area contributed by atoms with Gasteiger partial charge in [0.15, 0.2) is 5.41 Å². The maximum atomic E-state index is 12.3. The summed E-state index contributed by atoms with van der Waals surface area (Å²) in [5.74, 6) is -2.81. The Balaban J connectivity index is 5.35. The Morgan fingerprint density at radius 3 is 1.27 bits per heavy atom. The van der Waals surface area contributed by atoms with Crippen molar-refractivity contribution in [1.29, 1.82) is 0 Å². The van der Waals surface area contributed by atoms with Crippen LogP contribution in [0.15, 0.2) is 38.0 Å². The van der Waals surface area contributed by atoms with E-state index in [9.17, 15) is 19.2 Å². The average Bonchev–Trinajstić information content (AvgIpc) is 2.61. The Morgan fingerprint density at radius 1 is 0.731 bits per heavy atom. The number of rotatable bonds is 13. The van der Waals surface area contributed by atoms with Crippen molar-refractivity contribution in [3.8, 4) is 0 Å². The quantitative estimate of drug-likeness (QED) is 0.274. The molecule has 0 spiro atoms. The van der Waals surface area contributed by atoms with Crippen LogP contribution in [0.5, 0.6) is 0 Å². The molecule has 26 heavy (non-hydrogen) atoms. The third-order valence-electron chi connectivity index (χ3n) is 3.08. The number of hydrogen-bond donors (Lipinski definition) is 0. The van der Waals surface area contributed by atoms with Crippen LogP contribution in [0.3, 0.4) is 0 Å². The molecule has 0 radical (unpaired) electrons. The molecule has 0 N–H and O–H groups in total. The molecule has 0 unspecified atom stereocenters. The first-order valence-corrected chi connectivity index (χ1v) is 7.73. The highest BCUT2D eigenvalue weighted by molar-refractivity contribution is 5.80. The zero-order valence-electron chi connectivity index (χ0n) is 14.9. The fraction of sp³-hybridized carbons (Fsp3) is 0.444. The molecule has 8 nitrogen and oxygen atoms in total. The fourth-order valence-corrected chi connectivity index (χ4v) is 1.70. The second kappa shape index (κ2) is 12.5. The maximum Gasteiger partial charge on any atom is 0.322 e. The molecule has 0 rings (SSSR count). The van der Waals surface area contributed by atoms with Crippen LogP contribution in [0.1, 0.15) is 19.3 Å². The molecule has 0 saturated carbocycles. The van der Waals surface area contributed by atoms with E-state index in [0.29, 0.717) is 0 Å². The lowest BCUT2D eigenvalue weighted by molar-refractivity contribution is -0.177. The Morgan fingerprint density at radius 2 is 1.04 bits per heavy atom. The molecule has 0 aliphatic heterocycles. The van der Waals surface area contributed by atoms with Gasteiger partial charge in [0.1, 0.15) is 19.8 Å². The van der Waals surface area contributed by atoms with E-state index in [4.69, 9.17) is 18.9 Å². The molecule has 0 atom stereocenters. The van der Waals surface area contributed by atoms with Crippen LogP contribution in [0.25, 0.3) is 0 Å². The van der Waals surface area contributed by atoms with Gasteiger partial charge in [-0.25, -0.2) is 0 Å². The van der Waals surface area contributed by atoms with Crippen molar-refractivity contribution in [3.63, 3.8) is 0 Å². The van der Waals surface area contributed by atoms with Crippen LogP contribution in [0.2, 0.25) is 0 Å². The van der Waals surface area contributed by atoms with E-state index in [1.807, 2.05) is 0 Å². The van der Waals surface area contributed by atoms with Crippen molar-refractivity contribution < 1.29 is 38.1 Å². The van der Waals surface area contributed by atoms with Crippen molar-refractivity contribution in [1.82, 2.24) is 0 Å².